The Morgan fingerprint density at radius 3 is 3.07 bits per heavy atom. The number of hydrogen-bond acceptors (Lipinski definition) is 3. The molecule has 78 valence electrons. The highest BCUT2D eigenvalue weighted by molar-refractivity contribution is 7.10. The molecule has 0 amide bonds. The molecule has 0 aliphatic carbocycles. The van der Waals surface area contributed by atoms with Crippen molar-refractivity contribution in [2.24, 2.45) is 5.84 Å². The Morgan fingerprint density at radius 2 is 2.50 bits per heavy atom. The molecule has 2 nitrogen and oxygen atoms in total. The van der Waals surface area contributed by atoms with Gasteiger partial charge in [0.25, 0.3) is 0 Å². The lowest BCUT2D eigenvalue weighted by Crippen LogP contribution is -2.27. The van der Waals surface area contributed by atoms with E-state index in [1.807, 2.05) is 6.08 Å². The van der Waals surface area contributed by atoms with Gasteiger partial charge in [0.1, 0.15) is 0 Å². The minimum Gasteiger partial charge on any atom is -0.271 e. The summed E-state index contributed by atoms with van der Waals surface area (Å²) < 4.78 is 0. The van der Waals surface area contributed by atoms with Gasteiger partial charge in [-0.05, 0) is 36.3 Å². The van der Waals surface area contributed by atoms with Crippen LogP contribution in [0.2, 0.25) is 0 Å². The molecule has 14 heavy (non-hydrogen) atoms. The zero-order valence-electron chi connectivity index (χ0n) is 8.62. The molecule has 1 aromatic rings. The molecule has 1 unspecified atom stereocenters. The van der Waals surface area contributed by atoms with Gasteiger partial charge in [0, 0.05) is 4.88 Å². The molecule has 0 bridgehead atoms. The highest BCUT2D eigenvalue weighted by Gasteiger charge is 2.13. The summed E-state index contributed by atoms with van der Waals surface area (Å²) in [6.45, 7) is 5.90. The van der Waals surface area contributed by atoms with Gasteiger partial charge in [0.05, 0.1) is 6.04 Å². The van der Waals surface area contributed by atoms with Crippen molar-refractivity contribution in [3.05, 3.63) is 34.5 Å². The maximum atomic E-state index is 5.55. The van der Waals surface area contributed by atoms with Crippen molar-refractivity contribution in [1.29, 1.82) is 0 Å². The van der Waals surface area contributed by atoms with Gasteiger partial charge in [-0.1, -0.05) is 13.0 Å². The molecule has 1 rings (SSSR count). The Morgan fingerprint density at radius 1 is 1.71 bits per heavy atom. The first-order valence-corrected chi connectivity index (χ1v) is 5.84. The summed E-state index contributed by atoms with van der Waals surface area (Å²) in [5.74, 6) is 5.55. The quantitative estimate of drug-likeness (QED) is 0.430. The number of rotatable bonds is 6. The molecule has 0 aliphatic heterocycles. The molecule has 0 saturated heterocycles. The standard InChI is InChI=1S/C11H18N2S/c1-3-5-6-10(13-12)11-9(4-2)7-8-14-11/h3,7-8,10,13H,1,4-6,12H2,2H3. The largest absolute Gasteiger partial charge is 0.271 e. The number of allylic oxidation sites excluding steroid dienone is 1. The van der Waals surface area contributed by atoms with Crippen molar-refractivity contribution < 1.29 is 0 Å². The summed E-state index contributed by atoms with van der Waals surface area (Å²) in [6.07, 6.45) is 5.03. The normalized spacial score (nSPS) is 12.7. The van der Waals surface area contributed by atoms with Crippen LogP contribution in [0.5, 0.6) is 0 Å². The lowest BCUT2D eigenvalue weighted by molar-refractivity contribution is 0.525. The molecule has 3 heteroatoms. The minimum absolute atomic E-state index is 0.281. The smallest absolute Gasteiger partial charge is 0.0559 e. The van der Waals surface area contributed by atoms with Gasteiger partial charge in [-0.3, -0.25) is 11.3 Å². The molecule has 0 aromatic carbocycles. The van der Waals surface area contributed by atoms with E-state index in [4.69, 9.17) is 5.84 Å². The third-order valence-corrected chi connectivity index (χ3v) is 3.41. The van der Waals surface area contributed by atoms with Crippen LogP contribution in [-0.2, 0) is 6.42 Å². The van der Waals surface area contributed by atoms with Crippen molar-refractivity contribution in [2.75, 3.05) is 0 Å². The number of nitrogens with two attached hydrogens (primary N) is 1. The van der Waals surface area contributed by atoms with Crippen LogP contribution >= 0.6 is 11.3 Å². The summed E-state index contributed by atoms with van der Waals surface area (Å²) in [5.41, 5.74) is 4.28. The molecular formula is C11H18N2S. The second-order valence-electron chi connectivity index (χ2n) is 3.25. The fourth-order valence-electron chi connectivity index (χ4n) is 1.52. The van der Waals surface area contributed by atoms with E-state index in [2.05, 4.69) is 30.4 Å². The lowest BCUT2D eigenvalue weighted by atomic mass is 10.1. The van der Waals surface area contributed by atoms with Crippen LogP contribution in [0.1, 0.15) is 36.2 Å². The number of aryl methyl sites for hydroxylation is 1. The van der Waals surface area contributed by atoms with Crippen molar-refractivity contribution in [3.8, 4) is 0 Å². The summed E-state index contributed by atoms with van der Waals surface area (Å²) in [5, 5.41) is 2.13. The highest BCUT2D eigenvalue weighted by Crippen LogP contribution is 2.27. The zero-order chi connectivity index (χ0) is 10.4. The molecule has 0 radical (unpaired) electrons. The molecular weight excluding hydrogens is 192 g/mol. The van der Waals surface area contributed by atoms with Crippen molar-refractivity contribution in [1.82, 2.24) is 5.43 Å². The van der Waals surface area contributed by atoms with Crippen LogP contribution in [0.4, 0.5) is 0 Å². The molecule has 0 aliphatic rings. The molecule has 0 saturated carbocycles. The summed E-state index contributed by atoms with van der Waals surface area (Å²) in [4.78, 5) is 1.37. The SMILES string of the molecule is C=CCCC(NN)c1sccc1CC. The van der Waals surface area contributed by atoms with Gasteiger partial charge in [-0.2, -0.15) is 0 Å². The maximum Gasteiger partial charge on any atom is 0.0559 e. The van der Waals surface area contributed by atoms with Crippen LogP contribution in [-0.4, -0.2) is 0 Å². The Labute approximate surface area is 89.8 Å². The van der Waals surface area contributed by atoms with E-state index in [0.717, 1.165) is 19.3 Å². The Balaban J connectivity index is 2.72. The Hall–Kier alpha value is -0.640. The van der Waals surface area contributed by atoms with E-state index in [0.29, 0.717) is 0 Å². The van der Waals surface area contributed by atoms with E-state index >= 15 is 0 Å². The number of hydrazine groups is 1. The third kappa shape index (κ3) is 2.67. The summed E-state index contributed by atoms with van der Waals surface area (Å²) in [6, 6.07) is 2.46. The average molecular weight is 210 g/mol. The van der Waals surface area contributed by atoms with E-state index in [-0.39, 0.29) is 6.04 Å². The molecule has 0 fully saturated rings. The van der Waals surface area contributed by atoms with Gasteiger partial charge in [-0.15, -0.1) is 17.9 Å². The summed E-state index contributed by atoms with van der Waals surface area (Å²) >= 11 is 1.78. The van der Waals surface area contributed by atoms with Crippen LogP contribution < -0.4 is 11.3 Å². The topological polar surface area (TPSA) is 38.0 Å². The van der Waals surface area contributed by atoms with Crippen LogP contribution in [0.15, 0.2) is 24.1 Å². The van der Waals surface area contributed by atoms with Gasteiger partial charge in [0.15, 0.2) is 0 Å². The first kappa shape index (κ1) is 11.4. The predicted molar refractivity (Wildman–Crippen MR) is 63.2 cm³/mol. The van der Waals surface area contributed by atoms with Crippen molar-refractivity contribution in [2.45, 2.75) is 32.2 Å². The van der Waals surface area contributed by atoms with Crippen LogP contribution in [0.3, 0.4) is 0 Å². The summed E-state index contributed by atoms with van der Waals surface area (Å²) in [7, 11) is 0. The van der Waals surface area contributed by atoms with Crippen molar-refractivity contribution >= 4 is 11.3 Å². The first-order valence-electron chi connectivity index (χ1n) is 4.96. The van der Waals surface area contributed by atoms with Gasteiger partial charge < -0.3 is 0 Å². The van der Waals surface area contributed by atoms with E-state index in [1.165, 1.54) is 10.4 Å². The van der Waals surface area contributed by atoms with Gasteiger partial charge in [0.2, 0.25) is 0 Å². The monoisotopic (exact) mass is 210 g/mol. The lowest BCUT2D eigenvalue weighted by Gasteiger charge is -2.14. The third-order valence-electron chi connectivity index (χ3n) is 2.34. The number of hydrogen-bond donors (Lipinski definition) is 2. The second-order valence-corrected chi connectivity index (χ2v) is 4.20. The van der Waals surface area contributed by atoms with Gasteiger partial charge in [-0.25, -0.2) is 0 Å². The molecule has 3 N–H and O–H groups in total. The van der Waals surface area contributed by atoms with Crippen LogP contribution in [0.25, 0.3) is 0 Å². The average Bonchev–Trinajstić information content (AvgIpc) is 2.67. The molecule has 1 aromatic heterocycles. The number of nitrogens with one attached hydrogen (secondary N) is 1. The highest BCUT2D eigenvalue weighted by atomic mass is 32.1. The molecule has 0 spiro atoms. The molecule has 1 heterocycles. The minimum atomic E-state index is 0.281. The van der Waals surface area contributed by atoms with E-state index < -0.39 is 0 Å². The fraction of sp³-hybridized carbons (Fsp3) is 0.455. The Bertz CT molecular complexity index is 281. The predicted octanol–water partition coefficient (Wildman–Crippen LogP) is 2.78. The van der Waals surface area contributed by atoms with Crippen LogP contribution in [0, 0.1) is 0 Å². The fourth-order valence-corrected chi connectivity index (χ4v) is 2.61. The van der Waals surface area contributed by atoms with Gasteiger partial charge >= 0.3 is 0 Å². The zero-order valence-corrected chi connectivity index (χ0v) is 9.44. The van der Waals surface area contributed by atoms with E-state index in [1.54, 1.807) is 11.3 Å². The number of thiophene rings is 1. The first-order chi connectivity index (χ1) is 6.83. The maximum absolute atomic E-state index is 5.55. The Kier molecular flexibility index (Phi) is 4.87. The van der Waals surface area contributed by atoms with E-state index in [9.17, 15) is 0 Å². The molecule has 1 atom stereocenters. The van der Waals surface area contributed by atoms with Crippen molar-refractivity contribution in [3.63, 3.8) is 0 Å². The second kappa shape index (κ2) is 5.96.